The molecule has 35 heavy (non-hydrogen) atoms. The monoisotopic (exact) mass is 509 g/mol. The number of alkyl halides is 3. The topological polar surface area (TPSA) is 103 Å². The van der Waals surface area contributed by atoms with Crippen molar-refractivity contribution < 1.29 is 32.2 Å². The molecule has 0 amide bonds. The second-order valence-electron chi connectivity index (χ2n) is 7.53. The zero-order chi connectivity index (χ0) is 25.7. The molecule has 0 bridgehead atoms. The molecule has 4 aromatic rings. The maximum Gasteiger partial charge on any atom is 0.431 e. The first kappa shape index (κ1) is 24.1. The van der Waals surface area contributed by atoms with Gasteiger partial charge in [0.15, 0.2) is 6.61 Å². The zero-order valence-corrected chi connectivity index (χ0v) is 18.8. The maximum atomic E-state index is 14.9. The smallest absolute Gasteiger partial charge is 0.431 e. The number of halogens is 4. The lowest BCUT2D eigenvalue weighted by Crippen LogP contribution is -2.41. The van der Waals surface area contributed by atoms with Crippen LogP contribution >= 0.6 is 11.5 Å². The highest BCUT2D eigenvalue weighted by atomic mass is 32.1. The largest absolute Gasteiger partial charge is 0.482 e. The van der Waals surface area contributed by atoms with E-state index in [4.69, 9.17) is 9.84 Å². The van der Waals surface area contributed by atoms with E-state index in [-0.39, 0.29) is 10.6 Å². The molecule has 1 N–H and O–H groups in total. The lowest BCUT2D eigenvalue weighted by Gasteiger charge is -2.14. The van der Waals surface area contributed by atoms with Crippen LogP contribution in [-0.4, -0.2) is 31.2 Å². The third-order valence-electron chi connectivity index (χ3n) is 5.21. The van der Waals surface area contributed by atoms with Crippen LogP contribution in [0.1, 0.15) is 11.3 Å². The second kappa shape index (κ2) is 8.65. The fourth-order valence-electron chi connectivity index (χ4n) is 3.57. The molecule has 0 unspecified atom stereocenters. The first-order valence-corrected chi connectivity index (χ1v) is 10.6. The van der Waals surface area contributed by atoms with Crippen LogP contribution in [0.2, 0.25) is 0 Å². The van der Waals surface area contributed by atoms with Gasteiger partial charge in [-0.2, -0.15) is 17.5 Å². The fourth-order valence-corrected chi connectivity index (χ4v) is 4.37. The van der Waals surface area contributed by atoms with E-state index in [0.29, 0.717) is 37.2 Å². The van der Waals surface area contributed by atoms with Crippen LogP contribution in [0.25, 0.3) is 27.0 Å². The van der Waals surface area contributed by atoms with Crippen molar-refractivity contribution in [1.82, 2.24) is 13.5 Å². The normalized spacial score (nSPS) is 11.7. The maximum absolute atomic E-state index is 14.9. The molecule has 182 valence electrons. The Balaban J connectivity index is 1.87. The van der Waals surface area contributed by atoms with Crippen molar-refractivity contribution in [3.8, 4) is 22.7 Å². The Morgan fingerprint density at radius 3 is 2.51 bits per heavy atom. The van der Waals surface area contributed by atoms with E-state index >= 15 is 0 Å². The molecule has 2 heterocycles. The van der Waals surface area contributed by atoms with Crippen molar-refractivity contribution in [2.45, 2.75) is 13.1 Å². The number of carboxylic acid groups (broad SMARTS) is 1. The zero-order valence-electron chi connectivity index (χ0n) is 18.0. The van der Waals surface area contributed by atoms with Gasteiger partial charge in [-0.25, -0.2) is 18.5 Å². The number of nitrogens with zero attached hydrogens (tertiary/aromatic N) is 3. The van der Waals surface area contributed by atoms with Crippen LogP contribution in [0.4, 0.5) is 17.6 Å². The molecule has 0 aliphatic rings. The Morgan fingerprint density at radius 2 is 1.89 bits per heavy atom. The number of carboxylic acids is 1. The highest BCUT2D eigenvalue weighted by molar-refractivity contribution is 7.13. The van der Waals surface area contributed by atoms with E-state index in [9.17, 15) is 31.9 Å². The highest BCUT2D eigenvalue weighted by Crippen LogP contribution is 2.36. The standard InChI is InChI=1S/C22H15F4N3O5S/c1-10-5-11(34-9-19(31)32)3-4-12(10)20-13-6-15(14(23)7-16(13)35-27-20)29-18(30)8-17(22(24,25)26)28(2)21(29)33/h3-8H,9H2,1-2H3,(H,31,32). The van der Waals surface area contributed by atoms with Gasteiger partial charge in [-0.15, -0.1) is 0 Å². The summed E-state index contributed by atoms with van der Waals surface area (Å²) in [6.45, 7) is 1.19. The summed E-state index contributed by atoms with van der Waals surface area (Å²) in [5.74, 6) is -1.82. The average Bonchev–Trinajstić information content (AvgIpc) is 3.16. The van der Waals surface area contributed by atoms with Crippen LogP contribution in [0.15, 0.2) is 46.0 Å². The summed E-state index contributed by atoms with van der Waals surface area (Å²) in [5.41, 5.74) is -3.05. The van der Waals surface area contributed by atoms with Gasteiger partial charge in [-0.05, 0) is 54.4 Å². The van der Waals surface area contributed by atoms with Crippen molar-refractivity contribution in [3.63, 3.8) is 0 Å². The molecule has 0 aliphatic carbocycles. The predicted molar refractivity (Wildman–Crippen MR) is 119 cm³/mol. The minimum atomic E-state index is -4.95. The number of aliphatic carboxylic acids is 1. The van der Waals surface area contributed by atoms with E-state index in [1.54, 1.807) is 19.1 Å². The Morgan fingerprint density at radius 1 is 1.17 bits per heavy atom. The van der Waals surface area contributed by atoms with Crippen molar-refractivity contribution >= 4 is 27.6 Å². The lowest BCUT2D eigenvalue weighted by molar-refractivity contribution is -0.144. The van der Waals surface area contributed by atoms with E-state index < -0.39 is 47.2 Å². The molecule has 0 radical (unpaired) electrons. The van der Waals surface area contributed by atoms with Crippen molar-refractivity contribution in [1.29, 1.82) is 0 Å². The summed E-state index contributed by atoms with van der Waals surface area (Å²) in [6.07, 6.45) is -4.95. The van der Waals surface area contributed by atoms with Gasteiger partial charge in [0.2, 0.25) is 0 Å². The van der Waals surface area contributed by atoms with Crippen molar-refractivity contribution in [3.05, 3.63) is 74.3 Å². The summed E-state index contributed by atoms with van der Waals surface area (Å²) in [7, 11) is 0.840. The summed E-state index contributed by atoms with van der Waals surface area (Å²) in [4.78, 5) is 35.8. The predicted octanol–water partition coefficient (Wildman–Crippen LogP) is 3.74. The third kappa shape index (κ3) is 4.41. The number of fused-ring (bicyclic) bond motifs is 1. The molecular formula is C22H15F4N3O5S. The highest BCUT2D eigenvalue weighted by Gasteiger charge is 2.35. The number of aryl methyl sites for hydroxylation is 1. The molecule has 13 heteroatoms. The number of benzene rings is 2. The van der Waals surface area contributed by atoms with Gasteiger partial charge in [0.1, 0.15) is 17.3 Å². The van der Waals surface area contributed by atoms with Crippen LogP contribution in [0.5, 0.6) is 5.75 Å². The number of ether oxygens (including phenoxy) is 1. The molecule has 0 spiro atoms. The number of rotatable bonds is 5. The fraction of sp³-hybridized carbons (Fsp3) is 0.182. The minimum Gasteiger partial charge on any atom is -0.482 e. The molecule has 2 aromatic heterocycles. The van der Waals surface area contributed by atoms with E-state index in [0.717, 1.165) is 24.6 Å². The summed E-state index contributed by atoms with van der Waals surface area (Å²) in [6, 6.07) is 7.20. The summed E-state index contributed by atoms with van der Waals surface area (Å²) < 4.78 is 64.8. The van der Waals surface area contributed by atoms with Gasteiger partial charge in [-0.3, -0.25) is 9.36 Å². The van der Waals surface area contributed by atoms with Gasteiger partial charge in [-0.1, -0.05) is 0 Å². The van der Waals surface area contributed by atoms with Crippen LogP contribution in [-0.2, 0) is 18.0 Å². The molecular weight excluding hydrogens is 494 g/mol. The Hall–Kier alpha value is -4.00. The quantitative estimate of drug-likeness (QED) is 0.411. The lowest BCUT2D eigenvalue weighted by atomic mass is 10.0. The number of hydrogen-bond donors (Lipinski definition) is 1. The third-order valence-corrected chi connectivity index (χ3v) is 6.01. The van der Waals surface area contributed by atoms with Gasteiger partial charge in [0.05, 0.1) is 16.1 Å². The van der Waals surface area contributed by atoms with Gasteiger partial charge >= 0.3 is 17.8 Å². The number of hydrogen-bond acceptors (Lipinski definition) is 6. The number of aromatic nitrogens is 3. The van der Waals surface area contributed by atoms with Gasteiger partial charge in [0.25, 0.3) is 5.56 Å². The van der Waals surface area contributed by atoms with Crippen LogP contribution in [0, 0.1) is 12.7 Å². The summed E-state index contributed by atoms with van der Waals surface area (Å²) in [5, 5.41) is 9.12. The molecule has 0 fully saturated rings. The Kier molecular flexibility index (Phi) is 5.97. The van der Waals surface area contributed by atoms with Gasteiger partial charge in [0, 0.05) is 24.1 Å². The molecule has 0 saturated carbocycles. The molecule has 0 aliphatic heterocycles. The van der Waals surface area contributed by atoms with Crippen LogP contribution in [0.3, 0.4) is 0 Å². The minimum absolute atomic E-state index is 0.234. The van der Waals surface area contributed by atoms with Gasteiger partial charge < -0.3 is 9.84 Å². The van der Waals surface area contributed by atoms with E-state index in [1.165, 1.54) is 12.1 Å². The van der Waals surface area contributed by atoms with Crippen molar-refractivity contribution in [2.75, 3.05) is 6.61 Å². The average molecular weight is 509 g/mol. The van der Waals surface area contributed by atoms with Crippen molar-refractivity contribution in [2.24, 2.45) is 7.05 Å². The molecule has 0 atom stereocenters. The summed E-state index contributed by atoms with van der Waals surface area (Å²) >= 11 is 0.953. The molecule has 8 nitrogen and oxygen atoms in total. The number of carbonyl (C=O) groups is 1. The van der Waals surface area contributed by atoms with E-state index in [1.807, 2.05) is 0 Å². The molecule has 2 aromatic carbocycles. The Labute approximate surface area is 197 Å². The first-order chi connectivity index (χ1) is 16.4. The molecule has 0 saturated heterocycles. The SMILES string of the molecule is Cc1cc(OCC(=O)O)ccc1-c1nsc2cc(F)c(-n3c(=O)cc(C(F)(F)F)n(C)c3=O)cc12. The second-order valence-corrected chi connectivity index (χ2v) is 8.34. The first-order valence-electron chi connectivity index (χ1n) is 9.83. The molecule has 4 rings (SSSR count). The van der Waals surface area contributed by atoms with E-state index in [2.05, 4.69) is 4.37 Å². The van der Waals surface area contributed by atoms with Crippen LogP contribution < -0.4 is 16.0 Å². The Bertz CT molecular complexity index is 1600.